The van der Waals surface area contributed by atoms with Gasteiger partial charge in [-0.3, -0.25) is 0 Å². The molecule has 0 aromatic rings. The summed E-state index contributed by atoms with van der Waals surface area (Å²) in [5.41, 5.74) is 0.00498. The van der Waals surface area contributed by atoms with E-state index in [4.69, 9.17) is 4.74 Å². The molecule has 12 heavy (non-hydrogen) atoms. The molecule has 1 fully saturated rings. The number of amides is 1. The Morgan fingerprint density at radius 2 is 2.17 bits per heavy atom. The Morgan fingerprint density at radius 1 is 1.58 bits per heavy atom. The van der Waals surface area contributed by atoms with Crippen molar-refractivity contribution in [2.75, 3.05) is 0 Å². The lowest BCUT2D eigenvalue weighted by Crippen LogP contribution is -2.42. The summed E-state index contributed by atoms with van der Waals surface area (Å²) in [4.78, 5) is 10.9. The van der Waals surface area contributed by atoms with E-state index in [9.17, 15) is 4.79 Å². The first-order chi connectivity index (χ1) is 5.45. The summed E-state index contributed by atoms with van der Waals surface area (Å²) in [6.07, 6.45) is 1.12. The van der Waals surface area contributed by atoms with Gasteiger partial charge in [-0.25, -0.2) is 4.79 Å². The Labute approximate surface area is 72.8 Å². The molecule has 0 radical (unpaired) electrons. The lowest BCUT2D eigenvalue weighted by Gasteiger charge is -2.27. The van der Waals surface area contributed by atoms with Gasteiger partial charge in [0.2, 0.25) is 0 Å². The fourth-order valence-corrected chi connectivity index (χ4v) is 1.33. The van der Waals surface area contributed by atoms with Gasteiger partial charge in [0.15, 0.2) is 0 Å². The Balaban J connectivity index is 2.77. The summed E-state index contributed by atoms with van der Waals surface area (Å²) in [7, 11) is 0. The minimum atomic E-state index is -0.347. The molecule has 1 rings (SSSR count). The summed E-state index contributed by atoms with van der Waals surface area (Å²) in [6.45, 7) is 9.80. The molecule has 1 N–H and O–H groups in total. The van der Waals surface area contributed by atoms with Crippen LogP contribution >= 0.6 is 0 Å². The molecule has 3 nitrogen and oxygen atoms in total. The number of hydrogen-bond acceptors (Lipinski definition) is 2. The quantitative estimate of drug-likeness (QED) is 0.607. The number of nitrogens with one attached hydrogen (secondary N) is 1. The maximum absolute atomic E-state index is 10.9. The van der Waals surface area contributed by atoms with Crippen LogP contribution < -0.4 is 5.32 Å². The van der Waals surface area contributed by atoms with Gasteiger partial charge in [-0.05, 0) is 11.5 Å². The van der Waals surface area contributed by atoms with Crippen molar-refractivity contribution in [3.63, 3.8) is 0 Å². The Bertz CT molecular complexity index is 205. The monoisotopic (exact) mass is 169 g/mol. The van der Waals surface area contributed by atoms with Crippen LogP contribution in [0.1, 0.15) is 20.8 Å². The number of ether oxygens (including phenoxy) is 1. The van der Waals surface area contributed by atoms with E-state index in [-0.39, 0.29) is 23.7 Å². The van der Waals surface area contributed by atoms with Gasteiger partial charge >= 0.3 is 6.09 Å². The average molecular weight is 169 g/mol. The standard InChI is InChI=1S/C9H15NO2/c1-5-6-7(9(2,3)4)10-8(11)12-6/h5-7H,1H2,2-4H3,(H,10,11)/t6-,7+/m1/s1. The molecular formula is C9H15NO2. The first-order valence-electron chi connectivity index (χ1n) is 4.05. The molecule has 2 atom stereocenters. The summed E-state index contributed by atoms with van der Waals surface area (Å²) < 4.78 is 4.98. The second-order valence-electron chi connectivity index (χ2n) is 4.09. The highest BCUT2D eigenvalue weighted by atomic mass is 16.6. The maximum atomic E-state index is 10.9. The van der Waals surface area contributed by atoms with E-state index < -0.39 is 0 Å². The van der Waals surface area contributed by atoms with Crippen molar-refractivity contribution in [2.24, 2.45) is 5.41 Å². The second kappa shape index (κ2) is 2.81. The SMILES string of the molecule is C=C[C@H]1OC(=O)N[C@@H]1C(C)(C)C. The summed E-state index contributed by atoms with van der Waals surface area (Å²) in [5, 5.41) is 2.76. The van der Waals surface area contributed by atoms with Crippen LogP contribution in [0.4, 0.5) is 4.79 Å². The molecule has 3 heteroatoms. The Kier molecular flexibility index (Phi) is 2.13. The highest BCUT2D eigenvalue weighted by molar-refractivity contribution is 5.70. The smallest absolute Gasteiger partial charge is 0.408 e. The highest BCUT2D eigenvalue weighted by Gasteiger charge is 2.39. The van der Waals surface area contributed by atoms with E-state index in [1.54, 1.807) is 6.08 Å². The third-order valence-electron chi connectivity index (χ3n) is 2.01. The molecule has 0 bridgehead atoms. The average Bonchev–Trinajstić information content (AvgIpc) is 2.29. The van der Waals surface area contributed by atoms with Crippen LogP contribution in [-0.4, -0.2) is 18.2 Å². The van der Waals surface area contributed by atoms with E-state index in [1.165, 1.54) is 0 Å². The fourth-order valence-electron chi connectivity index (χ4n) is 1.33. The van der Waals surface area contributed by atoms with Gasteiger partial charge in [0, 0.05) is 0 Å². The molecule has 1 saturated heterocycles. The zero-order valence-electron chi connectivity index (χ0n) is 7.76. The zero-order chi connectivity index (χ0) is 9.35. The number of rotatable bonds is 1. The predicted molar refractivity (Wildman–Crippen MR) is 46.8 cm³/mol. The summed E-state index contributed by atoms with van der Waals surface area (Å²) in [5.74, 6) is 0. The molecule has 0 aliphatic carbocycles. The van der Waals surface area contributed by atoms with Gasteiger partial charge in [-0.15, -0.1) is 0 Å². The zero-order valence-corrected chi connectivity index (χ0v) is 7.76. The molecule has 0 saturated carbocycles. The van der Waals surface area contributed by atoms with E-state index in [0.29, 0.717) is 0 Å². The van der Waals surface area contributed by atoms with Crippen molar-refractivity contribution < 1.29 is 9.53 Å². The number of alkyl carbamates (subject to hydrolysis) is 1. The summed E-state index contributed by atoms with van der Waals surface area (Å²) >= 11 is 0. The van der Waals surface area contributed by atoms with Crippen molar-refractivity contribution in [3.05, 3.63) is 12.7 Å². The third kappa shape index (κ3) is 1.60. The van der Waals surface area contributed by atoms with Crippen LogP contribution in [-0.2, 0) is 4.74 Å². The van der Waals surface area contributed by atoms with E-state index >= 15 is 0 Å². The van der Waals surface area contributed by atoms with Crippen LogP contribution in [0.25, 0.3) is 0 Å². The number of hydrogen-bond donors (Lipinski definition) is 1. The first-order valence-corrected chi connectivity index (χ1v) is 4.05. The minimum Gasteiger partial charge on any atom is -0.440 e. The van der Waals surface area contributed by atoms with E-state index in [2.05, 4.69) is 32.7 Å². The molecular weight excluding hydrogens is 154 g/mol. The lowest BCUT2D eigenvalue weighted by molar-refractivity contribution is 0.139. The van der Waals surface area contributed by atoms with Crippen LogP contribution in [0.5, 0.6) is 0 Å². The van der Waals surface area contributed by atoms with Crippen molar-refractivity contribution in [1.29, 1.82) is 0 Å². The van der Waals surface area contributed by atoms with Gasteiger partial charge in [0.05, 0.1) is 6.04 Å². The number of cyclic esters (lactones) is 1. The molecule has 1 aliphatic heterocycles. The molecule has 0 aromatic carbocycles. The lowest BCUT2D eigenvalue weighted by atomic mass is 9.84. The topological polar surface area (TPSA) is 38.3 Å². The van der Waals surface area contributed by atoms with Gasteiger partial charge in [-0.2, -0.15) is 0 Å². The van der Waals surface area contributed by atoms with Gasteiger partial charge < -0.3 is 10.1 Å². The van der Waals surface area contributed by atoms with Crippen LogP contribution in [0, 0.1) is 5.41 Å². The molecule has 1 aliphatic rings. The molecule has 0 unspecified atom stereocenters. The first kappa shape index (κ1) is 9.10. The maximum Gasteiger partial charge on any atom is 0.408 e. The number of carbonyl (C=O) groups is 1. The van der Waals surface area contributed by atoms with Crippen LogP contribution in [0.15, 0.2) is 12.7 Å². The van der Waals surface area contributed by atoms with Crippen molar-refractivity contribution >= 4 is 6.09 Å². The van der Waals surface area contributed by atoms with Crippen LogP contribution in [0.3, 0.4) is 0 Å². The van der Waals surface area contributed by atoms with Gasteiger partial charge in [0.1, 0.15) is 6.10 Å². The van der Waals surface area contributed by atoms with Crippen LogP contribution in [0.2, 0.25) is 0 Å². The van der Waals surface area contributed by atoms with Gasteiger partial charge in [-0.1, -0.05) is 27.4 Å². The minimum absolute atomic E-state index is 0.00498. The summed E-state index contributed by atoms with van der Waals surface area (Å²) in [6, 6.07) is 0.0301. The van der Waals surface area contributed by atoms with E-state index in [1.807, 2.05) is 0 Å². The Morgan fingerprint density at radius 3 is 2.50 bits per heavy atom. The third-order valence-corrected chi connectivity index (χ3v) is 2.01. The predicted octanol–water partition coefficient (Wildman–Crippen LogP) is 1.70. The van der Waals surface area contributed by atoms with Gasteiger partial charge in [0.25, 0.3) is 0 Å². The number of carbonyl (C=O) groups excluding carboxylic acids is 1. The van der Waals surface area contributed by atoms with Crippen molar-refractivity contribution in [2.45, 2.75) is 32.9 Å². The highest BCUT2D eigenvalue weighted by Crippen LogP contribution is 2.27. The van der Waals surface area contributed by atoms with E-state index in [0.717, 1.165) is 0 Å². The molecule has 68 valence electrons. The molecule has 1 heterocycles. The largest absolute Gasteiger partial charge is 0.440 e. The normalized spacial score (nSPS) is 29.4. The molecule has 0 spiro atoms. The Hall–Kier alpha value is -0.990. The fraction of sp³-hybridized carbons (Fsp3) is 0.667. The molecule has 0 aromatic heterocycles. The van der Waals surface area contributed by atoms with Crippen molar-refractivity contribution in [3.8, 4) is 0 Å². The van der Waals surface area contributed by atoms with Crippen molar-refractivity contribution in [1.82, 2.24) is 5.32 Å². The second-order valence-corrected chi connectivity index (χ2v) is 4.09. The molecule has 1 amide bonds.